The molecule has 0 radical (unpaired) electrons. The summed E-state index contributed by atoms with van der Waals surface area (Å²) in [4.78, 5) is 25.6. The van der Waals surface area contributed by atoms with Gasteiger partial charge in [-0.3, -0.25) is 14.9 Å². The molecule has 1 N–H and O–H groups in total. The third kappa shape index (κ3) is 4.89. The molecule has 0 saturated heterocycles. The molecule has 0 amide bonds. The number of hydrogen-bond donors (Lipinski definition) is 1. The van der Waals surface area contributed by atoms with E-state index in [-0.39, 0.29) is 17.2 Å². The first-order chi connectivity index (χ1) is 14.3. The molecule has 9 heteroatoms. The zero-order chi connectivity index (χ0) is 22.4. The summed E-state index contributed by atoms with van der Waals surface area (Å²) in [5.74, 6) is 0.446. The van der Waals surface area contributed by atoms with Gasteiger partial charge in [0.25, 0.3) is 0 Å². The molecule has 1 unspecified atom stereocenters. The van der Waals surface area contributed by atoms with Gasteiger partial charge in [0.1, 0.15) is 5.75 Å². The van der Waals surface area contributed by atoms with E-state index in [2.05, 4.69) is 5.32 Å². The van der Waals surface area contributed by atoms with Crippen LogP contribution in [0.15, 0.2) is 23.4 Å². The normalized spacial score (nSPS) is 16.4. The molecule has 1 atom stereocenters. The van der Waals surface area contributed by atoms with Gasteiger partial charge in [0.05, 0.1) is 24.2 Å². The number of nitro groups is 1. The summed E-state index contributed by atoms with van der Waals surface area (Å²) < 4.78 is 11.5. The second kappa shape index (κ2) is 10.4. The number of allylic oxidation sites excluding steroid dienone is 1. The number of nitro benzene ring substituents is 1. The first-order valence-electron chi connectivity index (χ1n) is 10.1. The molecule has 1 aromatic carbocycles. The third-order valence-electron chi connectivity index (χ3n) is 4.81. The summed E-state index contributed by atoms with van der Waals surface area (Å²) in [6.07, 6.45) is 1.47. The number of Topliss-reactive ketones (excluding diaryl/α,β-unsaturated/α-hetero) is 1. The van der Waals surface area contributed by atoms with Crippen molar-refractivity contribution in [1.29, 1.82) is 0 Å². The van der Waals surface area contributed by atoms with Crippen LogP contribution in [-0.4, -0.2) is 40.5 Å². The molecule has 1 heterocycles. The van der Waals surface area contributed by atoms with E-state index < -0.39 is 11.0 Å². The molecular formula is C21H29N3O5S. The maximum absolute atomic E-state index is 12.5. The Morgan fingerprint density at radius 3 is 2.30 bits per heavy atom. The van der Waals surface area contributed by atoms with Crippen LogP contribution in [0.25, 0.3) is 0 Å². The monoisotopic (exact) mass is 435 g/mol. The highest BCUT2D eigenvalue weighted by Crippen LogP contribution is 2.42. The average Bonchev–Trinajstić information content (AvgIpc) is 2.69. The lowest BCUT2D eigenvalue weighted by molar-refractivity contribution is -0.386. The Hall–Kier alpha value is -2.68. The van der Waals surface area contributed by atoms with Crippen molar-refractivity contribution in [2.45, 2.75) is 53.5 Å². The number of hydrogen-bond acceptors (Lipinski definition) is 6. The highest BCUT2D eigenvalue weighted by molar-refractivity contribution is 7.80. The number of ketones is 1. The Morgan fingerprint density at radius 2 is 1.80 bits per heavy atom. The van der Waals surface area contributed by atoms with Crippen LogP contribution in [0.4, 0.5) is 5.69 Å². The van der Waals surface area contributed by atoms with Gasteiger partial charge in [-0.15, -0.1) is 0 Å². The number of rotatable bonds is 10. The zero-order valence-corrected chi connectivity index (χ0v) is 18.9. The minimum Gasteiger partial charge on any atom is -0.493 e. The largest absolute Gasteiger partial charge is 0.493 e. The Balaban J connectivity index is 2.71. The molecule has 8 nitrogen and oxygen atoms in total. The van der Waals surface area contributed by atoms with Crippen LogP contribution in [0, 0.1) is 10.1 Å². The number of carbonyl (C=O) groups excluding carboxylic acids is 1. The lowest BCUT2D eigenvalue weighted by atomic mass is 9.91. The second-order valence-corrected chi connectivity index (χ2v) is 7.38. The van der Waals surface area contributed by atoms with Gasteiger partial charge in [-0.25, -0.2) is 0 Å². The smallest absolute Gasteiger partial charge is 0.311 e. The van der Waals surface area contributed by atoms with Gasteiger partial charge >= 0.3 is 5.69 Å². The highest BCUT2D eigenvalue weighted by atomic mass is 32.1. The Labute approximate surface area is 182 Å². The molecule has 2 rings (SSSR count). The molecule has 164 valence electrons. The molecule has 30 heavy (non-hydrogen) atoms. The van der Waals surface area contributed by atoms with Gasteiger partial charge in [0.2, 0.25) is 5.75 Å². The number of ether oxygens (including phenoxy) is 2. The molecule has 0 saturated carbocycles. The SMILES string of the molecule is CCCOc1cc(OCCC)c([N+](=O)[O-])cc1C1NC(=S)N(CC)C(C)=C1C(C)=O. The molecule has 0 bridgehead atoms. The Morgan fingerprint density at radius 1 is 1.20 bits per heavy atom. The summed E-state index contributed by atoms with van der Waals surface area (Å²) in [6.45, 7) is 10.5. The molecule has 0 spiro atoms. The first-order valence-corrected chi connectivity index (χ1v) is 10.5. The van der Waals surface area contributed by atoms with Crippen molar-refractivity contribution < 1.29 is 19.2 Å². The number of thiocarbonyl (C=S) groups is 1. The lowest BCUT2D eigenvalue weighted by Gasteiger charge is -2.37. The van der Waals surface area contributed by atoms with E-state index in [1.807, 2.05) is 32.6 Å². The Bertz CT molecular complexity index is 868. The minimum atomic E-state index is -0.649. The van der Waals surface area contributed by atoms with E-state index in [0.717, 1.165) is 12.1 Å². The summed E-state index contributed by atoms with van der Waals surface area (Å²) in [5.41, 5.74) is 1.55. The van der Waals surface area contributed by atoms with Gasteiger partial charge in [-0.2, -0.15) is 0 Å². The third-order valence-corrected chi connectivity index (χ3v) is 5.15. The van der Waals surface area contributed by atoms with Crippen LogP contribution < -0.4 is 14.8 Å². The summed E-state index contributed by atoms with van der Waals surface area (Å²) in [5, 5.41) is 15.4. The summed E-state index contributed by atoms with van der Waals surface area (Å²) in [7, 11) is 0. The predicted molar refractivity (Wildman–Crippen MR) is 119 cm³/mol. The number of benzene rings is 1. The van der Waals surface area contributed by atoms with Gasteiger partial charge in [0.15, 0.2) is 10.9 Å². The van der Waals surface area contributed by atoms with Crippen molar-refractivity contribution >= 4 is 28.8 Å². The molecule has 1 aromatic rings. The van der Waals surface area contributed by atoms with Crippen molar-refractivity contribution in [1.82, 2.24) is 10.2 Å². The fourth-order valence-corrected chi connectivity index (χ4v) is 3.83. The molecule has 0 fully saturated rings. The number of carbonyl (C=O) groups is 1. The molecule has 1 aliphatic rings. The van der Waals surface area contributed by atoms with Crippen LogP contribution in [-0.2, 0) is 4.79 Å². The summed E-state index contributed by atoms with van der Waals surface area (Å²) >= 11 is 5.49. The summed E-state index contributed by atoms with van der Waals surface area (Å²) in [6, 6.07) is 2.32. The van der Waals surface area contributed by atoms with Crippen LogP contribution in [0.3, 0.4) is 0 Å². The van der Waals surface area contributed by atoms with Gasteiger partial charge in [-0.1, -0.05) is 13.8 Å². The highest BCUT2D eigenvalue weighted by Gasteiger charge is 2.35. The number of nitrogens with one attached hydrogen (secondary N) is 1. The van der Waals surface area contributed by atoms with Crippen LogP contribution >= 0.6 is 12.2 Å². The minimum absolute atomic E-state index is 0.138. The molecule has 1 aliphatic heterocycles. The maximum Gasteiger partial charge on any atom is 0.311 e. The van der Waals surface area contributed by atoms with Crippen LogP contribution in [0.2, 0.25) is 0 Å². The van der Waals surface area contributed by atoms with Crippen LogP contribution in [0.5, 0.6) is 11.5 Å². The van der Waals surface area contributed by atoms with E-state index in [0.29, 0.717) is 48.2 Å². The topological polar surface area (TPSA) is 93.9 Å². The van der Waals surface area contributed by atoms with E-state index in [9.17, 15) is 14.9 Å². The van der Waals surface area contributed by atoms with Crippen molar-refractivity contribution in [3.8, 4) is 11.5 Å². The molecule has 0 aromatic heterocycles. The quantitative estimate of drug-likeness (QED) is 0.330. The lowest BCUT2D eigenvalue weighted by Crippen LogP contribution is -2.47. The molecule has 0 aliphatic carbocycles. The van der Waals surface area contributed by atoms with E-state index in [1.54, 1.807) is 6.07 Å². The van der Waals surface area contributed by atoms with E-state index >= 15 is 0 Å². The van der Waals surface area contributed by atoms with E-state index in [4.69, 9.17) is 21.7 Å². The van der Waals surface area contributed by atoms with Gasteiger partial charge in [-0.05, 0) is 45.8 Å². The molecular weight excluding hydrogens is 406 g/mol. The van der Waals surface area contributed by atoms with Crippen molar-refractivity contribution in [3.05, 3.63) is 39.1 Å². The Kier molecular flexibility index (Phi) is 8.16. The fraction of sp³-hybridized carbons (Fsp3) is 0.524. The fourth-order valence-electron chi connectivity index (χ4n) is 3.45. The predicted octanol–water partition coefficient (Wildman–Crippen LogP) is 4.29. The van der Waals surface area contributed by atoms with E-state index in [1.165, 1.54) is 13.0 Å². The number of nitrogens with zero attached hydrogens (tertiary/aromatic N) is 2. The maximum atomic E-state index is 12.5. The zero-order valence-electron chi connectivity index (χ0n) is 18.1. The van der Waals surface area contributed by atoms with Gasteiger partial charge in [0, 0.05) is 35.5 Å². The van der Waals surface area contributed by atoms with Crippen LogP contribution in [0.1, 0.15) is 59.1 Å². The van der Waals surface area contributed by atoms with Crippen molar-refractivity contribution in [2.24, 2.45) is 0 Å². The standard InChI is InChI=1S/C21H29N3O5S/c1-6-9-28-17-12-18(29-10-7-2)16(24(26)27)11-15(17)20-19(14(5)25)13(4)23(8-3)21(30)22-20/h11-12,20H,6-10H2,1-5H3,(H,22,30). The average molecular weight is 436 g/mol. The van der Waals surface area contributed by atoms with Gasteiger partial charge < -0.3 is 19.7 Å². The van der Waals surface area contributed by atoms with Crippen molar-refractivity contribution in [2.75, 3.05) is 19.8 Å². The first kappa shape index (κ1) is 23.6. The van der Waals surface area contributed by atoms with Crippen molar-refractivity contribution in [3.63, 3.8) is 0 Å². The second-order valence-electron chi connectivity index (χ2n) is 6.99.